The summed E-state index contributed by atoms with van der Waals surface area (Å²) in [5.74, 6) is -0.291. The summed E-state index contributed by atoms with van der Waals surface area (Å²) >= 11 is 0. The van der Waals surface area contributed by atoms with Gasteiger partial charge in [0.25, 0.3) is 0 Å². The number of hydrogen-bond donors (Lipinski definition) is 3. The predicted octanol–water partition coefficient (Wildman–Crippen LogP) is -0.00290. The van der Waals surface area contributed by atoms with Crippen molar-refractivity contribution in [1.82, 2.24) is 0 Å². The zero-order valence-corrected chi connectivity index (χ0v) is 11.6. The van der Waals surface area contributed by atoms with Crippen LogP contribution in [0.1, 0.15) is 12.8 Å². The molecule has 1 aromatic rings. The highest BCUT2D eigenvalue weighted by atomic mass is 16.5. The molecule has 0 aromatic heterocycles. The zero-order chi connectivity index (χ0) is 15.3. The molecule has 0 aliphatic carbocycles. The van der Waals surface area contributed by atoms with E-state index >= 15 is 0 Å². The van der Waals surface area contributed by atoms with Crippen molar-refractivity contribution in [2.24, 2.45) is 11.5 Å². The minimum Gasteiger partial charge on any atom is -0.491 e. The van der Waals surface area contributed by atoms with Gasteiger partial charge in [0.05, 0.1) is 25.3 Å². The number of carbonyl (C=O) groups excluding carboxylic acids is 2. The molecule has 1 heterocycles. The molecule has 7 heteroatoms. The van der Waals surface area contributed by atoms with Crippen molar-refractivity contribution >= 4 is 17.5 Å². The molecule has 114 valence electrons. The average molecular weight is 293 g/mol. The van der Waals surface area contributed by atoms with E-state index in [2.05, 4.69) is 5.32 Å². The summed E-state index contributed by atoms with van der Waals surface area (Å²) in [6.45, 7) is 0.823. The summed E-state index contributed by atoms with van der Waals surface area (Å²) in [5.41, 5.74) is 10.5. The Morgan fingerprint density at radius 2 is 2.14 bits per heavy atom. The third-order valence-corrected chi connectivity index (χ3v) is 3.25. The summed E-state index contributed by atoms with van der Waals surface area (Å²) in [4.78, 5) is 22.9. The van der Waals surface area contributed by atoms with Gasteiger partial charge in [0.15, 0.2) is 0 Å². The molecular formula is C14H19N3O4. The lowest BCUT2D eigenvalue weighted by molar-refractivity contribution is -0.121. The summed E-state index contributed by atoms with van der Waals surface area (Å²) in [6.07, 6.45) is 0.584. The van der Waals surface area contributed by atoms with Crippen LogP contribution >= 0.6 is 0 Å². The topological polar surface area (TPSA) is 117 Å². The second-order valence-electron chi connectivity index (χ2n) is 4.97. The van der Waals surface area contributed by atoms with E-state index in [0.29, 0.717) is 24.5 Å². The summed E-state index contributed by atoms with van der Waals surface area (Å²) in [7, 11) is 0. The molecule has 1 fully saturated rings. The Kier molecular flexibility index (Phi) is 4.77. The van der Waals surface area contributed by atoms with Crippen LogP contribution in [0.2, 0.25) is 0 Å². The lowest BCUT2D eigenvalue weighted by atomic mass is 9.99. The number of nitrogens with two attached hydrogens (primary N) is 2. The third-order valence-electron chi connectivity index (χ3n) is 3.25. The van der Waals surface area contributed by atoms with E-state index in [1.807, 2.05) is 0 Å². The van der Waals surface area contributed by atoms with Gasteiger partial charge in [-0.2, -0.15) is 0 Å². The van der Waals surface area contributed by atoms with Crippen LogP contribution in [0.25, 0.3) is 0 Å². The summed E-state index contributed by atoms with van der Waals surface area (Å²) in [6, 6.07) is 6.94. The predicted molar refractivity (Wildman–Crippen MR) is 76.7 cm³/mol. The van der Waals surface area contributed by atoms with Crippen LogP contribution in [0, 0.1) is 0 Å². The molecule has 7 nitrogen and oxygen atoms in total. The molecule has 1 aromatic carbocycles. The maximum absolute atomic E-state index is 12.2. The van der Waals surface area contributed by atoms with E-state index < -0.39 is 11.4 Å². The van der Waals surface area contributed by atoms with Crippen LogP contribution in [-0.4, -0.2) is 37.2 Å². The Balaban J connectivity index is 2.02. The number of amides is 2. The Labute approximate surface area is 122 Å². The molecule has 0 radical (unpaired) electrons. The molecule has 1 atom stereocenters. The van der Waals surface area contributed by atoms with Crippen molar-refractivity contribution in [1.29, 1.82) is 0 Å². The van der Waals surface area contributed by atoms with Gasteiger partial charge in [-0.3, -0.25) is 9.59 Å². The number of para-hydroxylation sites is 2. The Bertz CT molecular complexity index is 527. The Morgan fingerprint density at radius 1 is 1.38 bits per heavy atom. The fourth-order valence-electron chi connectivity index (χ4n) is 1.96. The van der Waals surface area contributed by atoms with E-state index in [-0.39, 0.29) is 25.5 Å². The van der Waals surface area contributed by atoms with Crippen molar-refractivity contribution in [2.45, 2.75) is 18.4 Å². The lowest BCUT2D eigenvalue weighted by Gasteiger charge is -2.21. The second-order valence-corrected chi connectivity index (χ2v) is 4.97. The van der Waals surface area contributed by atoms with E-state index in [9.17, 15) is 9.59 Å². The maximum Gasteiger partial charge on any atom is 0.247 e. The smallest absolute Gasteiger partial charge is 0.247 e. The fraction of sp³-hybridized carbons (Fsp3) is 0.429. The average Bonchev–Trinajstić information content (AvgIpc) is 2.88. The van der Waals surface area contributed by atoms with Crippen molar-refractivity contribution < 1.29 is 19.1 Å². The van der Waals surface area contributed by atoms with Crippen LogP contribution < -0.4 is 21.5 Å². The quantitative estimate of drug-likeness (QED) is 0.682. The van der Waals surface area contributed by atoms with Crippen LogP contribution in [0.3, 0.4) is 0 Å². The van der Waals surface area contributed by atoms with E-state index in [0.717, 1.165) is 0 Å². The molecule has 21 heavy (non-hydrogen) atoms. The number of anilines is 1. The van der Waals surface area contributed by atoms with Gasteiger partial charge >= 0.3 is 0 Å². The molecule has 5 N–H and O–H groups in total. The highest BCUT2D eigenvalue weighted by Gasteiger charge is 2.38. The Hall–Kier alpha value is -2.12. The number of primary amides is 1. The van der Waals surface area contributed by atoms with Gasteiger partial charge in [-0.1, -0.05) is 12.1 Å². The Morgan fingerprint density at radius 3 is 2.81 bits per heavy atom. The molecule has 0 saturated carbocycles. The standard InChI is InChI=1S/C14H19N3O4/c15-12(18)5-7-21-11-4-2-1-3-10(11)17-13(19)14(16)6-8-20-9-14/h1-4H,5-9,16H2,(H2,15,18)(H,17,19). The van der Waals surface area contributed by atoms with Crippen LogP contribution in [0.4, 0.5) is 5.69 Å². The zero-order valence-electron chi connectivity index (χ0n) is 11.6. The SMILES string of the molecule is NC(=O)CCOc1ccccc1NC(=O)C1(N)CCOC1. The number of hydrogen-bond acceptors (Lipinski definition) is 5. The van der Waals surface area contributed by atoms with E-state index in [1.54, 1.807) is 24.3 Å². The maximum atomic E-state index is 12.2. The van der Waals surface area contributed by atoms with E-state index in [4.69, 9.17) is 20.9 Å². The summed E-state index contributed by atoms with van der Waals surface area (Å²) in [5, 5.41) is 2.75. The van der Waals surface area contributed by atoms with Crippen LogP contribution in [0.15, 0.2) is 24.3 Å². The second kappa shape index (κ2) is 6.55. The van der Waals surface area contributed by atoms with Crippen LogP contribution in [-0.2, 0) is 14.3 Å². The molecule has 1 aliphatic rings. The normalized spacial score (nSPS) is 21.0. The van der Waals surface area contributed by atoms with Crippen molar-refractivity contribution in [3.05, 3.63) is 24.3 Å². The highest BCUT2D eigenvalue weighted by molar-refractivity contribution is 5.99. The molecule has 1 saturated heterocycles. The number of rotatable bonds is 6. The third kappa shape index (κ3) is 3.93. The largest absolute Gasteiger partial charge is 0.491 e. The first-order chi connectivity index (χ1) is 10.0. The lowest BCUT2D eigenvalue weighted by Crippen LogP contribution is -2.51. The first-order valence-corrected chi connectivity index (χ1v) is 6.69. The van der Waals surface area contributed by atoms with Gasteiger partial charge < -0.3 is 26.3 Å². The minimum absolute atomic E-state index is 0.108. The molecule has 0 bridgehead atoms. The number of nitrogens with one attached hydrogen (secondary N) is 1. The van der Waals surface area contributed by atoms with Crippen LogP contribution in [0.5, 0.6) is 5.75 Å². The summed E-state index contributed by atoms with van der Waals surface area (Å²) < 4.78 is 10.6. The molecule has 2 rings (SSSR count). The molecule has 2 amide bonds. The first-order valence-electron chi connectivity index (χ1n) is 6.69. The van der Waals surface area contributed by atoms with Gasteiger partial charge in [-0.15, -0.1) is 0 Å². The monoisotopic (exact) mass is 293 g/mol. The molecular weight excluding hydrogens is 274 g/mol. The van der Waals surface area contributed by atoms with Gasteiger partial charge in [0.2, 0.25) is 11.8 Å². The van der Waals surface area contributed by atoms with Gasteiger partial charge in [0, 0.05) is 6.61 Å². The molecule has 1 unspecified atom stereocenters. The fourth-order valence-corrected chi connectivity index (χ4v) is 1.96. The minimum atomic E-state index is -1.01. The van der Waals surface area contributed by atoms with Gasteiger partial charge in [0.1, 0.15) is 11.3 Å². The highest BCUT2D eigenvalue weighted by Crippen LogP contribution is 2.26. The van der Waals surface area contributed by atoms with Gasteiger partial charge in [-0.25, -0.2) is 0 Å². The van der Waals surface area contributed by atoms with Crippen molar-refractivity contribution in [2.75, 3.05) is 25.1 Å². The molecule has 0 spiro atoms. The van der Waals surface area contributed by atoms with Crippen molar-refractivity contribution in [3.8, 4) is 5.75 Å². The first kappa shape index (κ1) is 15.3. The van der Waals surface area contributed by atoms with Gasteiger partial charge in [-0.05, 0) is 18.6 Å². The number of carbonyl (C=O) groups is 2. The number of ether oxygens (including phenoxy) is 2. The van der Waals surface area contributed by atoms with Crippen molar-refractivity contribution in [3.63, 3.8) is 0 Å². The number of benzene rings is 1. The van der Waals surface area contributed by atoms with E-state index in [1.165, 1.54) is 0 Å². The molecule has 1 aliphatic heterocycles.